The number of carbonyl (C=O) groups is 1. The monoisotopic (exact) mass is 154 g/mol. The zero-order valence-electron chi connectivity index (χ0n) is 6.26. The van der Waals surface area contributed by atoms with Gasteiger partial charge in [-0.1, -0.05) is 6.58 Å². The minimum atomic E-state index is -0.586. The maximum Gasteiger partial charge on any atom is 0.514 e. The lowest BCUT2D eigenvalue weighted by molar-refractivity contribution is 0.0699. The third-order valence-corrected chi connectivity index (χ3v) is 2.40. The van der Waals surface area contributed by atoms with Crippen LogP contribution in [0.3, 0.4) is 0 Å². The van der Waals surface area contributed by atoms with E-state index >= 15 is 0 Å². The van der Waals surface area contributed by atoms with E-state index in [-0.39, 0.29) is 0 Å². The van der Waals surface area contributed by atoms with E-state index in [2.05, 4.69) is 6.58 Å². The molecular weight excluding hydrogens is 144 g/mol. The van der Waals surface area contributed by atoms with Crippen molar-refractivity contribution in [2.75, 3.05) is 0 Å². The number of hydrogen-bond acceptors (Lipinski definition) is 3. The van der Waals surface area contributed by atoms with E-state index in [4.69, 9.17) is 9.47 Å². The lowest BCUT2D eigenvalue weighted by Gasteiger charge is -2.17. The van der Waals surface area contributed by atoms with Crippen molar-refractivity contribution in [1.82, 2.24) is 0 Å². The summed E-state index contributed by atoms with van der Waals surface area (Å²) in [6.07, 6.45) is 3.34. The highest BCUT2D eigenvalue weighted by molar-refractivity contribution is 5.66. The summed E-state index contributed by atoms with van der Waals surface area (Å²) in [6.45, 7) is 3.67. The van der Waals surface area contributed by atoms with Gasteiger partial charge in [-0.15, -0.1) is 0 Å². The largest absolute Gasteiger partial charge is 0.514 e. The molecule has 2 fully saturated rings. The third-order valence-electron chi connectivity index (χ3n) is 2.40. The van der Waals surface area contributed by atoms with Crippen LogP contribution in [0.2, 0.25) is 0 Å². The Morgan fingerprint density at radius 2 is 2.00 bits per heavy atom. The summed E-state index contributed by atoms with van der Waals surface area (Å²) in [7, 11) is 0. The van der Waals surface area contributed by atoms with E-state index in [0.29, 0.717) is 5.76 Å². The minimum Gasteiger partial charge on any atom is -0.419 e. The number of ether oxygens (including phenoxy) is 2. The Bertz CT molecular complexity index is 213. The molecule has 0 N–H and O–H groups in total. The molecule has 3 heteroatoms. The van der Waals surface area contributed by atoms with Gasteiger partial charge in [0.15, 0.2) is 5.60 Å². The molecule has 1 saturated carbocycles. The average molecular weight is 154 g/mol. The van der Waals surface area contributed by atoms with Crippen LogP contribution >= 0.6 is 0 Å². The molecule has 11 heavy (non-hydrogen) atoms. The first-order valence-corrected chi connectivity index (χ1v) is 3.83. The van der Waals surface area contributed by atoms with Crippen molar-refractivity contribution in [3.8, 4) is 0 Å². The molecule has 1 spiro atoms. The Morgan fingerprint density at radius 1 is 1.36 bits per heavy atom. The Morgan fingerprint density at radius 3 is 2.45 bits per heavy atom. The minimum absolute atomic E-state index is 0.447. The van der Waals surface area contributed by atoms with Gasteiger partial charge in [0.05, 0.1) is 0 Å². The molecule has 60 valence electrons. The van der Waals surface area contributed by atoms with Crippen LogP contribution in [0.1, 0.15) is 25.7 Å². The molecular formula is C8H10O3. The SMILES string of the molecule is C=C1OC(=O)OC12CCCC2. The quantitative estimate of drug-likeness (QED) is 0.500. The van der Waals surface area contributed by atoms with E-state index in [1.807, 2.05) is 0 Å². The molecule has 0 unspecified atom stereocenters. The van der Waals surface area contributed by atoms with Crippen molar-refractivity contribution in [2.45, 2.75) is 31.3 Å². The van der Waals surface area contributed by atoms with Crippen molar-refractivity contribution in [3.63, 3.8) is 0 Å². The normalized spacial score (nSPS) is 27.3. The number of cyclic esters (lactones) is 1. The summed E-state index contributed by atoms with van der Waals surface area (Å²) in [5.41, 5.74) is -0.447. The molecule has 2 aliphatic rings. The van der Waals surface area contributed by atoms with Crippen molar-refractivity contribution < 1.29 is 14.3 Å². The first-order valence-electron chi connectivity index (χ1n) is 3.83. The van der Waals surface area contributed by atoms with Gasteiger partial charge in [-0.3, -0.25) is 0 Å². The Balaban J connectivity index is 2.24. The summed E-state index contributed by atoms with van der Waals surface area (Å²) in [5.74, 6) is 0.500. The van der Waals surface area contributed by atoms with Crippen molar-refractivity contribution in [2.24, 2.45) is 0 Å². The fraction of sp³-hybridized carbons (Fsp3) is 0.625. The van der Waals surface area contributed by atoms with Crippen LogP contribution in [0.4, 0.5) is 4.79 Å². The lowest BCUT2D eigenvalue weighted by Crippen LogP contribution is -2.24. The van der Waals surface area contributed by atoms with Gasteiger partial charge >= 0.3 is 6.16 Å². The lowest BCUT2D eigenvalue weighted by atomic mass is 10.0. The second-order valence-corrected chi connectivity index (χ2v) is 3.08. The van der Waals surface area contributed by atoms with Crippen molar-refractivity contribution in [1.29, 1.82) is 0 Å². The summed E-state index contributed by atoms with van der Waals surface area (Å²) in [4.78, 5) is 10.7. The van der Waals surface area contributed by atoms with Gasteiger partial charge in [-0.2, -0.15) is 0 Å². The molecule has 3 nitrogen and oxygen atoms in total. The fourth-order valence-corrected chi connectivity index (χ4v) is 1.76. The zero-order chi connectivity index (χ0) is 7.90. The zero-order valence-corrected chi connectivity index (χ0v) is 6.26. The fourth-order valence-electron chi connectivity index (χ4n) is 1.76. The van der Waals surface area contributed by atoms with E-state index in [0.717, 1.165) is 25.7 Å². The van der Waals surface area contributed by atoms with Crippen LogP contribution in [0.25, 0.3) is 0 Å². The molecule has 0 aromatic heterocycles. The van der Waals surface area contributed by atoms with Gasteiger partial charge in [0.25, 0.3) is 0 Å². The summed E-state index contributed by atoms with van der Waals surface area (Å²) in [6, 6.07) is 0. The molecule has 0 bridgehead atoms. The van der Waals surface area contributed by atoms with Crippen LogP contribution in [0.15, 0.2) is 12.3 Å². The van der Waals surface area contributed by atoms with Crippen molar-refractivity contribution in [3.05, 3.63) is 12.3 Å². The summed E-state index contributed by atoms with van der Waals surface area (Å²) >= 11 is 0. The molecule has 0 radical (unpaired) electrons. The molecule has 1 heterocycles. The summed E-state index contributed by atoms with van der Waals surface area (Å²) in [5, 5.41) is 0. The molecule has 0 amide bonds. The van der Waals surface area contributed by atoms with Crippen LogP contribution in [-0.4, -0.2) is 11.8 Å². The van der Waals surface area contributed by atoms with Gasteiger partial charge in [0.1, 0.15) is 5.76 Å². The highest BCUT2D eigenvalue weighted by atomic mass is 16.8. The molecule has 0 atom stereocenters. The molecule has 1 aliphatic heterocycles. The van der Waals surface area contributed by atoms with E-state index in [1.165, 1.54) is 0 Å². The third kappa shape index (κ3) is 0.836. The Labute approximate surface area is 65.0 Å². The predicted octanol–water partition coefficient (Wildman–Crippen LogP) is 1.98. The van der Waals surface area contributed by atoms with Gasteiger partial charge in [0, 0.05) is 0 Å². The molecule has 1 aliphatic carbocycles. The van der Waals surface area contributed by atoms with Gasteiger partial charge in [-0.25, -0.2) is 4.79 Å². The van der Waals surface area contributed by atoms with Crippen LogP contribution in [0.5, 0.6) is 0 Å². The van der Waals surface area contributed by atoms with Gasteiger partial charge < -0.3 is 9.47 Å². The van der Waals surface area contributed by atoms with E-state index < -0.39 is 11.8 Å². The number of hydrogen-bond donors (Lipinski definition) is 0. The van der Waals surface area contributed by atoms with Gasteiger partial charge in [-0.05, 0) is 25.7 Å². The number of carbonyl (C=O) groups excluding carboxylic acids is 1. The Hall–Kier alpha value is -0.990. The predicted molar refractivity (Wildman–Crippen MR) is 37.9 cm³/mol. The standard InChI is InChI=1S/C8H10O3/c1-6-8(4-2-3-5-8)11-7(9)10-6/h1-5H2. The molecule has 0 aromatic rings. The van der Waals surface area contributed by atoms with Crippen molar-refractivity contribution >= 4 is 6.16 Å². The van der Waals surface area contributed by atoms with E-state index in [9.17, 15) is 4.79 Å². The maximum atomic E-state index is 10.7. The second-order valence-electron chi connectivity index (χ2n) is 3.08. The van der Waals surface area contributed by atoms with E-state index in [1.54, 1.807) is 0 Å². The van der Waals surface area contributed by atoms with Gasteiger partial charge in [0.2, 0.25) is 0 Å². The number of rotatable bonds is 0. The topological polar surface area (TPSA) is 35.5 Å². The highest BCUT2D eigenvalue weighted by Crippen LogP contribution is 2.43. The second kappa shape index (κ2) is 2.00. The summed E-state index contributed by atoms with van der Waals surface area (Å²) < 4.78 is 9.80. The van der Waals surface area contributed by atoms with Crippen LogP contribution in [0, 0.1) is 0 Å². The first kappa shape index (κ1) is 6.70. The Kier molecular flexibility index (Phi) is 1.22. The molecule has 2 rings (SSSR count). The molecule has 1 saturated heterocycles. The highest BCUT2D eigenvalue weighted by Gasteiger charge is 2.48. The molecule has 0 aromatic carbocycles. The van der Waals surface area contributed by atoms with Crippen LogP contribution < -0.4 is 0 Å². The first-order chi connectivity index (χ1) is 5.23. The smallest absolute Gasteiger partial charge is 0.419 e. The van der Waals surface area contributed by atoms with Crippen LogP contribution in [-0.2, 0) is 9.47 Å². The maximum absolute atomic E-state index is 10.7. The average Bonchev–Trinajstić information content (AvgIpc) is 2.45.